The Morgan fingerprint density at radius 1 is 1.30 bits per heavy atom. The molecule has 0 fully saturated rings. The number of carbonyl (C=O) groups excluding carboxylic acids is 3. The second-order valence-corrected chi connectivity index (χ2v) is 8.05. The molecule has 2 rings (SSSR count). The molecular weight excluding hydrogens is 386 g/mol. The highest BCUT2D eigenvalue weighted by Gasteiger charge is 2.26. The Balaban J connectivity index is 2.16. The number of nitrogens with one attached hydrogen (secondary N) is 3. The summed E-state index contributed by atoms with van der Waals surface area (Å²) in [5, 5.41) is 7.68. The summed E-state index contributed by atoms with van der Waals surface area (Å²) in [6.07, 6.45) is 0. The molecule has 3 N–H and O–H groups in total. The van der Waals surface area contributed by atoms with Crippen molar-refractivity contribution in [2.75, 3.05) is 32.6 Å². The number of anilines is 1. The predicted molar refractivity (Wildman–Crippen MR) is 107 cm³/mol. The van der Waals surface area contributed by atoms with Gasteiger partial charge < -0.3 is 20.3 Å². The third-order valence-corrected chi connectivity index (χ3v) is 5.91. The van der Waals surface area contributed by atoms with E-state index in [1.54, 1.807) is 25.2 Å². The number of quaternary nitrogens is 1. The second kappa shape index (κ2) is 9.63. The van der Waals surface area contributed by atoms with E-state index in [9.17, 15) is 14.4 Å². The molecule has 27 heavy (non-hydrogen) atoms. The minimum atomic E-state index is -0.545. The van der Waals surface area contributed by atoms with Crippen molar-refractivity contribution in [1.29, 1.82) is 0 Å². The van der Waals surface area contributed by atoms with E-state index >= 15 is 0 Å². The van der Waals surface area contributed by atoms with Crippen LogP contribution < -0.4 is 15.5 Å². The molecule has 0 saturated heterocycles. The van der Waals surface area contributed by atoms with Gasteiger partial charge in [-0.1, -0.05) is 6.07 Å². The molecule has 2 aromatic rings. The Labute approximate surface area is 166 Å². The average Bonchev–Trinajstić information content (AvgIpc) is 3.22. The third-order valence-electron chi connectivity index (χ3n) is 3.83. The summed E-state index contributed by atoms with van der Waals surface area (Å²) in [6.45, 7) is 4.58. The summed E-state index contributed by atoms with van der Waals surface area (Å²) in [5.41, 5.74) is 0.747. The molecule has 2 heterocycles. The van der Waals surface area contributed by atoms with Crippen LogP contribution in [-0.4, -0.2) is 45.0 Å². The fraction of sp³-hybridized carbons (Fsp3) is 0.389. The van der Waals surface area contributed by atoms with Gasteiger partial charge >= 0.3 is 5.97 Å². The first-order valence-corrected chi connectivity index (χ1v) is 10.2. The first kappa shape index (κ1) is 21.1. The maximum absolute atomic E-state index is 12.5. The van der Waals surface area contributed by atoms with E-state index in [-0.39, 0.29) is 30.5 Å². The number of likely N-dealkylation sites (N-methyl/N-ethyl adjacent to an activating group) is 1. The molecule has 9 heteroatoms. The first-order chi connectivity index (χ1) is 12.9. The molecule has 0 spiro atoms. The molecule has 0 aliphatic carbocycles. The fourth-order valence-corrected chi connectivity index (χ4v) is 4.57. The minimum absolute atomic E-state index is 0.213. The molecule has 2 aromatic heterocycles. The highest BCUT2D eigenvalue weighted by atomic mass is 32.1. The van der Waals surface area contributed by atoms with Crippen LogP contribution in [0.4, 0.5) is 5.00 Å². The predicted octanol–water partition coefficient (Wildman–Crippen LogP) is 1.31. The SMILES string of the molecule is CCOC(=O)c1c(NC(=O)C[NH+](C)Cc2cccs2)sc(C(=O)NC)c1C. The van der Waals surface area contributed by atoms with Crippen molar-refractivity contribution in [1.82, 2.24) is 5.32 Å². The fourth-order valence-electron chi connectivity index (χ4n) is 2.60. The molecule has 0 radical (unpaired) electrons. The van der Waals surface area contributed by atoms with Crippen LogP contribution in [0.15, 0.2) is 17.5 Å². The van der Waals surface area contributed by atoms with Crippen LogP contribution in [0.25, 0.3) is 0 Å². The number of carbonyl (C=O) groups is 3. The summed E-state index contributed by atoms with van der Waals surface area (Å²) in [5.74, 6) is -1.07. The van der Waals surface area contributed by atoms with Gasteiger partial charge in [0.05, 0.1) is 29.0 Å². The van der Waals surface area contributed by atoms with E-state index in [2.05, 4.69) is 10.6 Å². The van der Waals surface area contributed by atoms with Crippen LogP contribution in [-0.2, 0) is 16.1 Å². The summed E-state index contributed by atoms with van der Waals surface area (Å²) in [7, 11) is 3.45. The molecule has 0 aliphatic heterocycles. The summed E-state index contributed by atoms with van der Waals surface area (Å²) < 4.78 is 5.09. The van der Waals surface area contributed by atoms with Gasteiger partial charge in [-0.05, 0) is 30.9 Å². The molecule has 0 bridgehead atoms. The highest BCUT2D eigenvalue weighted by Crippen LogP contribution is 2.33. The molecule has 7 nitrogen and oxygen atoms in total. The van der Waals surface area contributed by atoms with Crippen molar-refractivity contribution in [3.8, 4) is 0 Å². The van der Waals surface area contributed by atoms with Crippen LogP contribution in [0.2, 0.25) is 0 Å². The minimum Gasteiger partial charge on any atom is -0.462 e. The van der Waals surface area contributed by atoms with Crippen molar-refractivity contribution in [3.63, 3.8) is 0 Å². The number of esters is 1. The molecular formula is C18H24N3O4S2+. The van der Waals surface area contributed by atoms with Crippen LogP contribution in [0.3, 0.4) is 0 Å². The van der Waals surface area contributed by atoms with Gasteiger partial charge in [0.25, 0.3) is 11.8 Å². The van der Waals surface area contributed by atoms with Gasteiger partial charge in [0.1, 0.15) is 11.5 Å². The van der Waals surface area contributed by atoms with Crippen LogP contribution in [0.1, 0.15) is 37.4 Å². The Morgan fingerprint density at radius 2 is 2.04 bits per heavy atom. The molecule has 1 atom stereocenters. The lowest BCUT2D eigenvalue weighted by molar-refractivity contribution is -0.884. The third kappa shape index (κ3) is 5.38. The monoisotopic (exact) mass is 410 g/mol. The molecule has 0 saturated carbocycles. The van der Waals surface area contributed by atoms with E-state index in [0.717, 1.165) is 22.8 Å². The number of ether oxygens (including phenoxy) is 1. The lowest BCUT2D eigenvalue weighted by Crippen LogP contribution is -3.08. The van der Waals surface area contributed by atoms with Crippen molar-refractivity contribution in [3.05, 3.63) is 38.4 Å². The van der Waals surface area contributed by atoms with Gasteiger partial charge in [-0.3, -0.25) is 9.59 Å². The van der Waals surface area contributed by atoms with Crippen LogP contribution >= 0.6 is 22.7 Å². The zero-order valence-corrected chi connectivity index (χ0v) is 17.4. The number of thiophene rings is 2. The summed E-state index contributed by atoms with van der Waals surface area (Å²) >= 11 is 2.73. The molecule has 0 aliphatic rings. The van der Waals surface area contributed by atoms with Crippen molar-refractivity contribution in [2.24, 2.45) is 0 Å². The van der Waals surface area contributed by atoms with Gasteiger partial charge in [-0.2, -0.15) is 0 Å². The number of rotatable bonds is 8. The van der Waals surface area contributed by atoms with E-state index in [0.29, 0.717) is 15.4 Å². The van der Waals surface area contributed by atoms with Gasteiger partial charge in [0.2, 0.25) is 0 Å². The number of hydrogen-bond acceptors (Lipinski definition) is 6. The topological polar surface area (TPSA) is 88.9 Å². The maximum atomic E-state index is 12.5. The Kier molecular flexibility index (Phi) is 7.52. The van der Waals surface area contributed by atoms with Crippen molar-refractivity contribution in [2.45, 2.75) is 20.4 Å². The van der Waals surface area contributed by atoms with E-state index in [4.69, 9.17) is 4.74 Å². The first-order valence-electron chi connectivity index (χ1n) is 8.53. The maximum Gasteiger partial charge on any atom is 0.341 e. The molecule has 2 amide bonds. The Morgan fingerprint density at radius 3 is 2.63 bits per heavy atom. The van der Waals surface area contributed by atoms with Gasteiger partial charge in [0, 0.05) is 7.05 Å². The molecule has 0 aromatic carbocycles. The summed E-state index contributed by atoms with van der Waals surface area (Å²) in [4.78, 5) is 39.4. The zero-order valence-electron chi connectivity index (χ0n) is 15.8. The largest absolute Gasteiger partial charge is 0.462 e. The zero-order chi connectivity index (χ0) is 20.0. The summed E-state index contributed by atoms with van der Waals surface area (Å²) in [6, 6.07) is 4.01. The quantitative estimate of drug-likeness (QED) is 0.573. The second-order valence-electron chi connectivity index (χ2n) is 6.00. The van der Waals surface area contributed by atoms with Crippen LogP contribution in [0.5, 0.6) is 0 Å². The van der Waals surface area contributed by atoms with Gasteiger partial charge in [-0.15, -0.1) is 22.7 Å². The van der Waals surface area contributed by atoms with Gasteiger partial charge in [0.15, 0.2) is 6.54 Å². The number of amides is 2. The highest BCUT2D eigenvalue weighted by molar-refractivity contribution is 7.18. The standard InChI is InChI=1S/C18H23N3O4S2/c1-5-25-18(24)14-11(2)15(16(23)19-3)27-17(14)20-13(22)10-21(4)9-12-7-6-8-26-12/h6-8H,5,9-10H2,1-4H3,(H,19,23)(H,20,22)/p+1. The lowest BCUT2D eigenvalue weighted by Gasteiger charge is -2.13. The van der Waals surface area contributed by atoms with Gasteiger partial charge in [-0.25, -0.2) is 4.79 Å². The Bertz CT molecular complexity index is 815. The Hall–Kier alpha value is -2.23. The number of hydrogen-bond donors (Lipinski definition) is 3. The molecule has 1 unspecified atom stereocenters. The van der Waals surface area contributed by atoms with E-state index in [1.807, 2.05) is 24.6 Å². The van der Waals surface area contributed by atoms with E-state index in [1.165, 1.54) is 11.9 Å². The normalized spacial score (nSPS) is 11.7. The van der Waals surface area contributed by atoms with Crippen molar-refractivity contribution < 1.29 is 24.0 Å². The average molecular weight is 411 g/mol. The smallest absolute Gasteiger partial charge is 0.341 e. The lowest BCUT2D eigenvalue weighted by atomic mass is 10.1. The van der Waals surface area contributed by atoms with Crippen molar-refractivity contribution >= 4 is 45.5 Å². The van der Waals surface area contributed by atoms with E-state index < -0.39 is 5.97 Å². The van der Waals surface area contributed by atoms with Crippen LogP contribution in [0, 0.1) is 6.92 Å². The molecule has 146 valence electrons.